The summed E-state index contributed by atoms with van der Waals surface area (Å²) in [4.78, 5) is 15.4. The summed E-state index contributed by atoms with van der Waals surface area (Å²) >= 11 is 6.30. The molecule has 158 valence electrons. The molecule has 4 rings (SSSR count). The normalized spacial score (nSPS) is 11.1. The van der Waals surface area contributed by atoms with Crippen LogP contribution in [0.3, 0.4) is 0 Å². The number of halogens is 1. The molecule has 0 radical (unpaired) electrons. The summed E-state index contributed by atoms with van der Waals surface area (Å²) in [5.74, 6) is 0.357. The molecule has 2 heterocycles. The van der Waals surface area contributed by atoms with Crippen molar-refractivity contribution in [1.29, 1.82) is 0 Å². The van der Waals surface area contributed by atoms with E-state index in [1.165, 1.54) is 6.07 Å². The summed E-state index contributed by atoms with van der Waals surface area (Å²) in [6.45, 7) is 4.32. The molecule has 0 fully saturated rings. The number of benzene rings is 2. The zero-order valence-corrected chi connectivity index (χ0v) is 17.6. The van der Waals surface area contributed by atoms with Gasteiger partial charge < -0.3 is 14.4 Å². The Morgan fingerprint density at radius 3 is 2.55 bits per heavy atom. The lowest BCUT2D eigenvalue weighted by atomic mass is 10.1. The summed E-state index contributed by atoms with van der Waals surface area (Å²) in [5.41, 5.74) is 2.46. The van der Waals surface area contributed by atoms with Crippen molar-refractivity contribution in [3.63, 3.8) is 0 Å². The molecule has 0 atom stereocenters. The number of carbonyl (C=O) groups is 1. The van der Waals surface area contributed by atoms with E-state index in [9.17, 15) is 4.79 Å². The molecule has 0 aliphatic carbocycles. The van der Waals surface area contributed by atoms with Crippen LogP contribution in [0.4, 0.5) is 0 Å². The number of hydrogen-bond donors (Lipinski definition) is 1. The van der Waals surface area contributed by atoms with Crippen LogP contribution >= 0.6 is 11.6 Å². The van der Waals surface area contributed by atoms with Crippen LogP contribution < -0.4 is 4.74 Å². The van der Waals surface area contributed by atoms with Crippen LogP contribution in [0, 0.1) is 0 Å². The van der Waals surface area contributed by atoms with Crippen LogP contribution in [0.15, 0.2) is 59.3 Å². The highest BCUT2D eigenvalue weighted by Crippen LogP contribution is 2.31. The zero-order chi connectivity index (χ0) is 22.0. The van der Waals surface area contributed by atoms with Gasteiger partial charge in [-0.3, -0.25) is 4.68 Å². The molecule has 31 heavy (non-hydrogen) atoms. The number of nitrogens with zero attached hydrogens (tertiary/aromatic N) is 4. The van der Waals surface area contributed by atoms with Crippen LogP contribution in [0.25, 0.3) is 22.8 Å². The van der Waals surface area contributed by atoms with Crippen molar-refractivity contribution >= 4 is 17.6 Å². The molecule has 4 aromatic rings. The summed E-state index contributed by atoms with van der Waals surface area (Å²) < 4.78 is 12.6. The van der Waals surface area contributed by atoms with Crippen molar-refractivity contribution in [1.82, 2.24) is 19.9 Å². The molecule has 9 heteroatoms. The molecule has 2 aromatic carbocycles. The highest BCUT2D eigenvalue weighted by molar-refractivity contribution is 6.32. The molecule has 0 saturated heterocycles. The molecule has 1 N–H and O–H groups in total. The Kier molecular flexibility index (Phi) is 5.73. The van der Waals surface area contributed by atoms with Gasteiger partial charge in [0.25, 0.3) is 5.89 Å². The van der Waals surface area contributed by atoms with Crippen molar-refractivity contribution < 1.29 is 19.2 Å². The van der Waals surface area contributed by atoms with E-state index in [0.29, 0.717) is 34.6 Å². The fraction of sp³-hybridized carbons (Fsp3) is 0.182. The Bertz CT molecular complexity index is 1210. The fourth-order valence-electron chi connectivity index (χ4n) is 2.95. The minimum Gasteiger partial charge on any atom is -0.489 e. The van der Waals surface area contributed by atoms with Gasteiger partial charge in [-0.2, -0.15) is 10.1 Å². The third-order valence-corrected chi connectivity index (χ3v) is 4.68. The third-order valence-electron chi connectivity index (χ3n) is 4.38. The van der Waals surface area contributed by atoms with Crippen LogP contribution in [-0.2, 0) is 6.54 Å². The minimum atomic E-state index is -1.05. The second-order valence-electron chi connectivity index (χ2n) is 7.14. The summed E-state index contributed by atoms with van der Waals surface area (Å²) in [7, 11) is 0. The quantitative estimate of drug-likeness (QED) is 0.442. The van der Waals surface area contributed by atoms with Crippen molar-refractivity contribution in [2.24, 2.45) is 0 Å². The smallest absolute Gasteiger partial charge is 0.356 e. The van der Waals surface area contributed by atoms with Crippen molar-refractivity contribution in [3.05, 3.63) is 71.0 Å². The molecular weight excluding hydrogens is 420 g/mol. The van der Waals surface area contributed by atoms with Gasteiger partial charge in [0.2, 0.25) is 5.82 Å². The van der Waals surface area contributed by atoms with E-state index >= 15 is 0 Å². The molecule has 0 bridgehead atoms. The van der Waals surface area contributed by atoms with E-state index in [-0.39, 0.29) is 11.8 Å². The first-order valence-electron chi connectivity index (χ1n) is 9.55. The van der Waals surface area contributed by atoms with Crippen LogP contribution in [-0.4, -0.2) is 37.1 Å². The molecule has 0 saturated carbocycles. The van der Waals surface area contributed by atoms with E-state index in [4.69, 9.17) is 26.0 Å². The molecule has 0 aliphatic rings. The molecule has 0 unspecified atom stereocenters. The third kappa shape index (κ3) is 4.75. The van der Waals surface area contributed by atoms with Crippen LogP contribution in [0.5, 0.6) is 5.75 Å². The van der Waals surface area contributed by atoms with Gasteiger partial charge in [-0.25, -0.2) is 4.79 Å². The van der Waals surface area contributed by atoms with Crippen molar-refractivity contribution in [3.8, 4) is 28.6 Å². The average molecular weight is 439 g/mol. The second kappa shape index (κ2) is 8.61. The number of carboxylic acids is 1. The molecule has 0 spiro atoms. The first-order valence-corrected chi connectivity index (χ1v) is 9.93. The minimum absolute atomic E-state index is 0.0138. The Hall–Kier alpha value is -3.65. The molecule has 2 aromatic heterocycles. The van der Waals surface area contributed by atoms with Gasteiger partial charge in [-0.1, -0.05) is 41.0 Å². The number of rotatable bonds is 7. The summed E-state index contributed by atoms with van der Waals surface area (Å²) in [6, 6.07) is 14.3. The number of hydrogen-bond acceptors (Lipinski definition) is 6. The van der Waals surface area contributed by atoms with Gasteiger partial charge in [0.15, 0.2) is 5.69 Å². The van der Waals surface area contributed by atoms with Crippen LogP contribution in [0.1, 0.15) is 29.9 Å². The molecule has 0 aliphatic heterocycles. The monoisotopic (exact) mass is 438 g/mol. The zero-order valence-electron chi connectivity index (χ0n) is 16.8. The van der Waals surface area contributed by atoms with Crippen molar-refractivity contribution in [2.45, 2.75) is 26.5 Å². The van der Waals surface area contributed by atoms with Gasteiger partial charge >= 0.3 is 5.97 Å². The maximum Gasteiger partial charge on any atom is 0.356 e. The first-order chi connectivity index (χ1) is 14.9. The van der Waals surface area contributed by atoms with Crippen molar-refractivity contribution in [2.75, 3.05) is 0 Å². The highest BCUT2D eigenvalue weighted by atomic mass is 35.5. The Balaban J connectivity index is 1.48. The number of carboxylic acid groups (broad SMARTS) is 1. The Morgan fingerprint density at radius 2 is 1.90 bits per heavy atom. The fourth-order valence-corrected chi connectivity index (χ4v) is 3.18. The second-order valence-corrected chi connectivity index (χ2v) is 7.54. The highest BCUT2D eigenvalue weighted by Gasteiger charge is 2.14. The maximum atomic E-state index is 10.9. The lowest BCUT2D eigenvalue weighted by Gasteiger charge is -2.11. The van der Waals surface area contributed by atoms with Gasteiger partial charge in [-0.05, 0) is 43.7 Å². The van der Waals surface area contributed by atoms with E-state index < -0.39 is 5.97 Å². The molecule has 8 nitrogen and oxygen atoms in total. The number of aromatic carboxylic acids is 1. The lowest BCUT2D eigenvalue weighted by Crippen LogP contribution is -2.05. The van der Waals surface area contributed by atoms with Crippen LogP contribution in [0.2, 0.25) is 5.02 Å². The maximum absolute atomic E-state index is 10.9. The standard InChI is InChI=1S/C22H19ClN4O4/c1-13(2)30-19-8-7-16(11-17(19)23)21-24-20(26-31-21)15-5-3-14(4-6-15)12-27-10-9-18(25-27)22(28)29/h3-11,13H,12H2,1-2H3,(H,28,29). The van der Waals surface area contributed by atoms with E-state index in [0.717, 1.165) is 11.1 Å². The van der Waals surface area contributed by atoms with Gasteiger partial charge in [-0.15, -0.1) is 0 Å². The van der Waals surface area contributed by atoms with E-state index in [1.807, 2.05) is 44.2 Å². The van der Waals surface area contributed by atoms with Gasteiger partial charge in [0.1, 0.15) is 5.75 Å². The Labute approximate surface area is 183 Å². The number of aromatic nitrogens is 4. The predicted molar refractivity (Wildman–Crippen MR) is 114 cm³/mol. The SMILES string of the molecule is CC(C)Oc1ccc(-c2nc(-c3ccc(Cn4ccc(C(=O)O)n4)cc3)no2)cc1Cl. The van der Waals surface area contributed by atoms with Gasteiger partial charge in [0, 0.05) is 17.3 Å². The summed E-state index contributed by atoms with van der Waals surface area (Å²) in [5, 5.41) is 17.5. The van der Waals surface area contributed by atoms with E-state index in [1.54, 1.807) is 23.0 Å². The topological polar surface area (TPSA) is 103 Å². The molecule has 0 amide bonds. The number of ether oxygens (including phenoxy) is 1. The summed E-state index contributed by atoms with van der Waals surface area (Å²) in [6.07, 6.45) is 1.65. The predicted octanol–water partition coefficient (Wildman–Crippen LogP) is 4.79. The average Bonchev–Trinajstić information content (AvgIpc) is 3.40. The largest absolute Gasteiger partial charge is 0.489 e. The molecular formula is C22H19ClN4O4. The lowest BCUT2D eigenvalue weighted by molar-refractivity contribution is 0.0689. The van der Waals surface area contributed by atoms with Gasteiger partial charge in [0.05, 0.1) is 17.7 Å². The first kappa shape index (κ1) is 20.6. The Morgan fingerprint density at radius 1 is 1.16 bits per heavy atom. The van der Waals surface area contributed by atoms with E-state index in [2.05, 4.69) is 15.2 Å².